The van der Waals surface area contributed by atoms with Crippen molar-refractivity contribution in [1.29, 1.82) is 0 Å². The van der Waals surface area contributed by atoms with Crippen molar-refractivity contribution in [1.82, 2.24) is 10.2 Å². The fourth-order valence-corrected chi connectivity index (χ4v) is 1.73. The van der Waals surface area contributed by atoms with Crippen molar-refractivity contribution >= 4 is 6.09 Å². The topological polar surface area (TPSA) is 61.8 Å². The van der Waals surface area contributed by atoms with E-state index in [-0.39, 0.29) is 12.1 Å². The lowest BCUT2D eigenvalue weighted by Gasteiger charge is -2.24. The van der Waals surface area contributed by atoms with Crippen LogP contribution in [0.4, 0.5) is 4.79 Å². The van der Waals surface area contributed by atoms with E-state index in [0.29, 0.717) is 13.1 Å². The number of ether oxygens (including phenoxy) is 1. The van der Waals surface area contributed by atoms with E-state index < -0.39 is 11.7 Å². The van der Waals surface area contributed by atoms with Crippen molar-refractivity contribution < 1.29 is 14.6 Å². The molecule has 1 saturated heterocycles. The lowest BCUT2D eigenvalue weighted by Crippen LogP contribution is -2.39. The van der Waals surface area contributed by atoms with Gasteiger partial charge in [0.25, 0.3) is 0 Å². The van der Waals surface area contributed by atoms with Gasteiger partial charge in [-0.15, -0.1) is 0 Å². The Morgan fingerprint density at radius 2 is 2.12 bits per heavy atom. The summed E-state index contributed by atoms with van der Waals surface area (Å²) in [4.78, 5) is 13.3. The Labute approximate surface area is 96.8 Å². The van der Waals surface area contributed by atoms with Gasteiger partial charge < -0.3 is 20.1 Å². The number of likely N-dealkylation sites (N-methyl/N-ethyl adjacent to an activating group) is 1. The summed E-state index contributed by atoms with van der Waals surface area (Å²) in [5.41, 5.74) is -0.488. The summed E-state index contributed by atoms with van der Waals surface area (Å²) >= 11 is 0. The molecule has 2 atom stereocenters. The van der Waals surface area contributed by atoms with E-state index >= 15 is 0 Å². The van der Waals surface area contributed by atoms with Crippen molar-refractivity contribution in [2.45, 2.75) is 45.4 Å². The van der Waals surface area contributed by atoms with Gasteiger partial charge in [0.1, 0.15) is 5.60 Å². The zero-order chi connectivity index (χ0) is 12.3. The van der Waals surface area contributed by atoms with E-state index in [4.69, 9.17) is 4.74 Å². The van der Waals surface area contributed by atoms with Gasteiger partial charge in [-0.3, -0.25) is 0 Å². The second-order valence-corrected chi connectivity index (χ2v) is 5.12. The lowest BCUT2D eigenvalue weighted by atomic mass is 10.2. The molecule has 5 heteroatoms. The van der Waals surface area contributed by atoms with Crippen molar-refractivity contribution in [2.24, 2.45) is 0 Å². The third kappa shape index (κ3) is 3.64. The third-order valence-corrected chi connectivity index (χ3v) is 2.41. The predicted octanol–water partition coefficient (Wildman–Crippen LogP) is 0.576. The highest BCUT2D eigenvalue weighted by atomic mass is 16.6. The van der Waals surface area contributed by atoms with E-state index in [9.17, 15) is 9.90 Å². The van der Waals surface area contributed by atoms with Gasteiger partial charge in [-0.05, 0) is 27.3 Å². The highest BCUT2D eigenvalue weighted by Gasteiger charge is 2.35. The molecule has 0 aromatic carbocycles. The van der Waals surface area contributed by atoms with Gasteiger partial charge >= 0.3 is 6.09 Å². The summed E-state index contributed by atoms with van der Waals surface area (Å²) in [6.07, 6.45) is -0.862. The number of aliphatic hydroxyl groups excluding tert-OH is 1. The summed E-state index contributed by atoms with van der Waals surface area (Å²) in [6.45, 7) is 9.10. The molecule has 0 aromatic rings. The number of likely N-dealkylation sites (tertiary alicyclic amines) is 1. The van der Waals surface area contributed by atoms with Crippen molar-refractivity contribution in [2.75, 3.05) is 19.6 Å². The number of hydrogen-bond donors (Lipinski definition) is 2. The van der Waals surface area contributed by atoms with Crippen LogP contribution < -0.4 is 5.32 Å². The van der Waals surface area contributed by atoms with Crippen LogP contribution >= 0.6 is 0 Å². The number of β-amino-alcohol motifs (C(OH)–C–C–N with tert-alkyl or cyclic N) is 1. The normalized spacial score (nSPS) is 25.9. The van der Waals surface area contributed by atoms with Crippen LogP contribution in [0.1, 0.15) is 27.7 Å². The van der Waals surface area contributed by atoms with E-state index in [1.165, 1.54) is 0 Å². The minimum absolute atomic E-state index is 0.0440. The Balaban J connectivity index is 2.48. The zero-order valence-corrected chi connectivity index (χ0v) is 10.5. The van der Waals surface area contributed by atoms with Crippen LogP contribution in [0.3, 0.4) is 0 Å². The Morgan fingerprint density at radius 3 is 2.62 bits per heavy atom. The number of nitrogens with one attached hydrogen (secondary N) is 1. The highest BCUT2D eigenvalue weighted by molar-refractivity contribution is 5.68. The van der Waals surface area contributed by atoms with Crippen LogP contribution in [0.2, 0.25) is 0 Å². The summed E-state index contributed by atoms with van der Waals surface area (Å²) < 4.78 is 5.24. The van der Waals surface area contributed by atoms with Crippen LogP contribution in [0.25, 0.3) is 0 Å². The molecular weight excluding hydrogens is 208 g/mol. The number of aliphatic hydroxyl groups is 1. The number of carbonyl (C=O) groups is 1. The smallest absolute Gasteiger partial charge is 0.410 e. The van der Waals surface area contributed by atoms with Crippen LogP contribution in [-0.2, 0) is 4.74 Å². The number of amides is 1. The van der Waals surface area contributed by atoms with Gasteiger partial charge in [-0.25, -0.2) is 4.79 Å². The van der Waals surface area contributed by atoms with Gasteiger partial charge in [0.05, 0.1) is 18.7 Å². The van der Waals surface area contributed by atoms with Crippen LogP contribution in [0.5, 0.6) is 0 Å². The first-order valence-electron chi connectivity index (χ1n) is 5.73. The number of nitrogens with zero attached hydrogens (tertiary/aromatic N) is 1. The summed E-state index contributed by atoms with van der Waals surface area (Å²) in [5, 5.41) is 12.9. The quantitative estimate of drug-likeness (QED) is 0.728. The molecule has 0 radical (unpaired) electrons. The van der Waals surface area contributed by atoms with Crippen molar-refractivity contribution in [3.63, 3.8) is 0 Å². The summed E-state index contributed by atoms with van der Waals surface area (Å²) in [5.74, 6) is 0. The number of rotatable bonds is 2. The summed E-state index contributed by atoms with van der Waals surface area (Å²) in [6, 6.07) is -0.0440. The fourth-order valence-electron chi connectivity index (χ4n) is 1.73. The van der Waals surface area contributed by atoms with Gasteiger partial charge in [-0.1, -0.05) is 6.92 Å². The molecule has 2 N–H and O–H groups in total. The minimum Gasteiger partial charge on any atom is -0.444 e. The molecule has 1 rings (SSSR count). The van der Waals surface area contributed by atoms with Crippen LogP contribution in [0.15, 0.2) is 0 Å². The number of hydrogen-bond acceptors (Lipinski definition) is 4. The second kappa shape index (κ2) is 5.01. The molecule has 1 fully saturated rings. The molecule has 1 heterocycles. The van der Waals surface area contributed by atoms with E-state index in [2.05, 4.69) is 5.32 Å². The van der Waals surface area contributed by atoms with Crippen LogP contribution in [0, 0.1) is 0 Å². The largest absolute Gasteiger partial charge is 0.444 e. The molecule has 0 aromatic heterocycles. The standard InChI is InChI=1S/C11H22N2O3/c1-5-12-8-6-13(7-9(8)14)10(15)16-11(2,3)4/h8-9,12,14H,5-7H2,1-4H3/t8-,9-/m1/s1. The molecule has 0 bridgehead atoms. The maximum atomic E-state index is 11.7. The molecule has 5 nitrogen and oxygen atoms in total. The molecule has 0 aliphatic carbocycles. The predicted molar refractivity (Wildman–Crippen MR) is 61.3 cm³/mol. The first-order valence-corrected chi connectivity index (χ1v) is 5.73. The van der Waals surface area contributed by atoms with Crippen LogP contribution in [-0.4, -0.2) is 53.5 Å². The van der Waals surface area contributed by atoms with Gasteiger partial charge in [0.2, 0.25) is 0 Å². The third-order valence-electron chi connectivity index (χ3n) is 2.41. The lowest BCUT2D eigenvalue weighted by molar-refractivity contribution is 0.0270. The van der Waals surface area contributed by atoms with Gasteiger partial charge in [0.15, 0.2) is 0 Å². The Kier molecular flexibility index (Phi) is 4.15. The molecule has 0 spiro atoms. The molecule has 1 aliphatic heterocycles. The van der Waals surface area contributed by atoms with E-state index in [0.717, 1.165) is 6.54 Å². The van der Waals surface area contributed by atoms with Gasteiger partial charge in [0, 0.05) is 6.54 Å². The maximum absolute atomic E-state index is 11.7. The molecular formula is C11H22N2O3. The number of carbonyl (C=O) groups excluding carboxylic acids is 1. The molecule has 1 aliphatic rings. The molecule has 94 valence electrons. The molecule has 0 saturated carbocycles. The fraction of sp³-hybridized carbons (Fsp3) is 0.909. The SMILES string of the molecule is CCN[C@@H]1CN(C(=O)OC(C)(C)C)C[C@H]1O. The Bertz CT molecular complexity index is 250. The van der Waals surface area contributed by atoms with Gasteiger partial charge in [-0.2, -0.15) is 0 Å². The average Bonchev–Trinajstić information content (AvgIpc) is 2.46. The Morgan fingerprint density at radius 1 is 1.50 bits per heavy atom. The molecule has 16 heavy (non-hydrogen) atoms. The van der Waals surface area contributed by atoms with Crippen molar-refractivity contribution in [3.05, 3.63) is 0 Å². The van der Waals surface area contributed by atoms with E-state index in [1.54, 1.807) is 4.90 Å². The minimum atomic E-state index is -0.507. The monoisotopic (exact) mass is 230 g/mol. The van der Waals surface area contributed by atoms with E-state index in [1.807, 2.05) is 27.7 Å². The van der Waals surface area contributed by atoms with Crippen molar-refractivity contribution in [3.8, 4) is 0 Å². The molecule has 1 amide bonds. The average molecular weight is 230 g/mol. The first kappa shape index (κ1) is 13.3. The second-order valence-electron chi connectivity index (χ2n) is 5.12. The maximum Gasteiger partial charge on any atom is 0.410 e. The Hall–Kier alpha value is -0.810. The summed E-state index contributed by atoms with van der Waals surface area (Å²) in [7, 11) is 0. The first-order chi connectivity index (χ1) is 7.33. The zero-order valence-electron chi connectivity index (χ0n) is 10.5. The molecule has 0 unspecified atom stereocenters. The highest BCUT2D eigenvalue weighted by Crippen LogP contribution is 2.15.